The van der Waals surface area contributed by atoms with Gasteiger partial charge in [-0.15, -0.1) is 0 Å². The van der Waals surface area contributed by atoms with Crippen LogP contribution < -0.4 is 9.47 Å². The quantitative estimate of drug-likeness (QED) is 0.308. The highest BCUT2D eigenvalue weighted by molar-refractivity contribution is 5.33. The average molecular weight is 397 g/mol. The molecule has 1 aliphatic rings. The molecule has 1 aliphatic heterocycles. The van der Waals surface area contributed by atoms with Crippen LogP contribution in [0.4, 0.5) is 8.78 Å². The average Bonchev–Trinajstić information content (AvgIpc) is 2.70. The van der Waals surface area contributed by atoms with Gasteiger partial charge >= 0.3 is 0 Å². The maximum atomic E-state index is 14.4. The van der Waals surface area contributed by atoms with E-state index in [2.05, 4.69) is 19.1 Å². The molecule has 0 bridgehead atoms. The van der Waals surface area contributed by atoms with Crippen molar-refractivity contribution < 1.29 is 23.0 Å². The van der Waals surface area contributed by atoms with Crippen LogP contribution in [0.3, 0.4) is 0 Å². The fourth-order valence-corrected chi connectivity index (χ4v) is 3.33. The second kappa shape index (κ2) is 12.8. The minimum Gasteiger partial charge on any atom is -0.493 e. The van der Waals surface area contributed by atoms with Gasteiger partial charge in [-0.25, -0.2) is 8.78 Å². The van der Waals surface area contributed by atoms with Crippen LogP contribution in [0, 0.1) is 11.7 Å². The fraction of sp³-hybridized carbons (Fsp3) is 0.652. The van der Waals surface area contributed by atoms with Crippen molar-refractivity contribution in [2.24, 2.45) is 5.92 Å². The van der Waals surface area contributed by atoms with Gasteiger partial charge in [0.1, 0.15) is 11.9 Å². The van der Waals surface area contributed by atoms with Crippen molar-refractivity contribution in [3.63, 3.8) is 0 Å². The molecule has 0 aliphatic carbocycles. The molecule has 3 unspecified atom stereocenters. The molecule has 1 fully saturated rings. The molecule has 0 N–H and O–H groups in total. The molecule has 5 heteroatoms. The lowest BCUT2D eigenvalue weighted by atomic mass is 9.92. The van der Waals surface area contributed by atoms with Crippen LogP contribution in [-0.2, 0) is 4.74 Å². The monoisotopic (exact) mass is 396 g/mol. The molecule has 0 saturated carbocycles. The number of alkyl halides is 1. The fourth-order valence-electron chi connectivity index (χ4n) is 3.33. The standard InChI is InChI=1S/C23H34F2O3/c1-3-5-7-8-18-9-11-22(28-17-18)20(24)13-15-26-19-10-12-23(21(25)16-19)27-14-6-4-2/h3,5,10,12,16,18,20,22H,4,6-9,11,13-15,17H2,1-2H3/b5-3+. The van der Waals surface area contributed by atoms with Gasteiger partial charge in [-0.05, 0) is 57.1 Å². The molecule has 3 atom stereocenters. The molecular formula is C23H34F2O3. The lowest BCUT2D eigenvalue weighted by molar-refractivity contribution is -0.0611. The zero-order valence-corrected chi connectivity index (χ0v) is 17.2. The van der Waals surface area contributed by atoms with Gasteiger partial charge in [0.15, 0.2) is 11.6 Å². The van der Waals surface area contributed by atoms with Gasteiger partial charge in [0.25, 0.3) is 0 Å². The van der Waals surface area contributed by atoms with Gasteiger partial charge in [0.05, 0.1) is 19.3 Å². The first-order valence-corrected chi connectivity index (χ1v) is 10.6. The largest absolute Gasteiger partial charge is 0.493 e. The molecule has 1 heterocycles. The number of ether oxygens (including phenoxy) is 3. The smallest absolute Gasteiger partial charge is 0.168 e. The number of rotatable bonds is 12. The Bertz CT molecular complexity index is 583. The summed E-state index contributed by atoms with van der Waals surface area (Å²) in [5, 5.41) is 0. The number of halogens is 2. The van der Waals surface area contributed by atoms with E-state index < -0.39 is 12.0 Å². The van der Waals surface area contributed by atoms with Crippen LogP contribution >= 0.6 is 0 Å². The maximum Gasteiger partial charge on any atom is 0.168 e. The van der Waals surface area contributed by atoms with Crippen LogP contribution in [0.5, 0.6) is 11.5 Å². The highest BCUT2D eigenvalue weighted by atomic mass is 19.1. The van der Waals surface area contributed by atoms with E-state index in [0.717, 1.165) is 38.5 Å². The van der Waals surface area contributed by atoms with E-state index >= 15 is 0 Å². The molecule has 158 valence electrons. The third-order valence-electron chi connectivity index (χ3n) is 5.11. The van der Waals surface area contributed by atoms with Crippen LogP contribution in [0.25, 0.3) is 0 Å². The van der Waals surface area contributed by atoms with Crippen molar-refractivity contribution in [1.82, 2.24) is 0 Å². The van der Waals surface area contributed by atoms with Crippen molar-refractivity contribution in [2.45, 2.75) is 71.1 Å². The van der Waals surface area contributed by atoms with E-state index in [-0.39, 0.29) is 24.9 Å². The second-order valence-electron chi connectivity index (χ2n) is 7.41. The van der Waals surface area contributed by atoms with Crippen LogP contribution in [0.2, 0.25) is 0 Å². The van der Waals surface area contributed by atoms with Crippen molar-refractivity contribution in [1.29, 1.82) is 0 Å². The molecule has 28 heavy (non-hydrogen) atoms. The second-order valence-corrected chi connectivity index (χ2v) is 7.41. The number of unbranched alkanes of at least 4 members (excludes halogenated alkanes) is 1. The Kier molecular flexibility index (Phi) is 10.3. The van der Waals surface area contributed by atoms with Crippen molar-refractivity contribution in [2.75, 3.05) is 19.8 Å². The maximum absolute atomic E-state index is 14.4. The summed E-state index contributed by atoms with van der Waals surface area (Å²) in [6.45, 7) is 5.40. The number of allylic oxidation sites excluding steroid dienone is 2. The molecule has 1 saturated heterocycles. The molecule has 1 aromatic carbocycles. The Morgan fingerprint density at radius 3 is 2.79 bits per heavy atom. The summed E-state index contributed by atoms with van der Waals surface area (Å²) in [7, 11) is 0. The molecule has 0 spiro atoms. The Morgan fingerprint density at radius 1 is 1.25 bits per heavy atom. The Morgan fingerprint density at radius 2 is 2.11 bits per heavy atom. The van der Waals surface area contributed by atoms with Crippen LogP contribution in [0.1, 0.15) is 58.8 Å². The molecular weight excluding hydrogens is 362 g/mol. The van der Waals surface area contributed by atoms with Gasteiger partial charge in [-0.3, -0.25) is 0 Å². The first-order valence-electron chi connectivity index (χ1n) is 10.6. The molecule has 0 radical (unpaired) electrons. The number of benzene rings is 1. The van der Waals surface area contributed by atoms with E-state index in [1.54, 1.807) is 12.1 Å². The molecule has 0 aromatic heterocycles. The van der Waals surface area contributed by atoms with Crippen LogP contribution in [-0.4, -0.2) is 32.1 Å². The van der Waals surface area contributed by atoms with E-state index in [0.29, 0.717) is 24.9 Å². The van der Waals surface area contributed by atoms with Gasteiger partial charge < -0.3 is 14.2 Å². The first-order chi connectivity index (χ1) is 13.6. The summed E-state index contributed by atoms with van der Waals surface area (Å²) >= 11 is 0. The molecule has 0 amide bonds. The van der Waals surface area contributed by atoms with E-state index in [9.17, 15) is 8.78 Å². The predicted octanol–water partition coefficient (Wildman–Crippen LogP) is 6.26. The predicted molar refractivity (Wildman–Crippen MR) is 108 cm³/mol. The number of hydrogen-bond acceptors (Lipinski definition) is 3. The highest BCUT2D eigenvalue weighted by Gasteiger charge is 2.28. The van der Waals surface area contributed by atoms with Crippen molar-refractivity contribution >= 4 is 0 Å². The molecule has 1 aromatic rings. The third-order valence-corrected chi connectivity index (χ3v) is 5.11. The Hall–Kier alpha value is -1.62. The Balaban J connectivity index is 1.67. The van der Waals surface area contributed by atoms with E-state index in [4.69, 9.17) is 14.2 Å². The minimum atomic E-state index is -1.06. The summed E-state index contributed by atoms with van der Waals surface area (Å²) in [4.78, 5) is 0. The van der Waals surface area contributed by atoms with Gasteiger partial charge in [0, 0.05) is 19.1 Å². The van der Waals surface area contributed by atoms with E-state index in [1.807, 2.05) is 6.92 Å². The van der Waals surface area contributed by atoms with Gasteiger partial charge in [0.2, 0.25) is 0 Å². The third kappa shape index (κ3) is 7.78. The van der Waals surface area contributed by atoms with Crippen molar-refractivity contribution in [3.8, 4) is 11.5 Å². The normalized spacial score (nSPS) is 21.0. The molecule has 3 nitrogen and oxygen atoms in total. The number of hydrogen-bond donors (Lipinski definition) is 0. The molecule has 2 rings (SSSR count). The first kappa shape index (κ1) is 22.7. The van der Waals surface area contributed by atoms with Gasteiger partial charge in [-0.1, -0.05) is 25.5 Å². The van der Waals surface area contributed by atoms with Gasteiger partial charge in [-0.2, -0.15) is 0 Å². The Labute approximate surface area is 168 Å². The summed E-state index contributed by atoms with van der Waals surface area (Å²) in [6, 6.07) is 4.51. The highest BCUT2D eigenvalue weighted by Crippen LogP contribution is 2.27. The topological polar surface area (TPSA) is 27.7 Å². The lowest BCUT2D eigenvalue weighted by Gasteiger charge is -2.30. The summed E-state index contributed by atoms with van der Waals surface area (Å²) in [5.41, 5.74) is 0. The SMILES string of the molecule is C/C=C/CCC1CCC(C(F)CCOc2ccc(OCCCC)c(F)c2)OC1. The van der Waals surface area contributed by atoms with E-state index in [1.165, 1.54) is 6.07 Å². The van der Waals surface area contributed by atoms with Crippen LogP contribution in [0.15, 0.2) is 30.4 Å². The zero-order chi connectivity index (χ0) is 20.2. The van der Waals surface area contributed by atoms with Crippen molar-refractivity contribution in [3.05, 3.63) is 36.2 Å². The summed E-state index contributed by atoms with van der Waals surface area (Å²) < 4.78 is 45.1. The summed E-state index contributed by atoms with van der Waals surface area (Å²) in [6.07, 6.45) is 8.84. The lowest BCUT2D eigenvalue weighted by Crippen LogP contribution is -2.34. The zero-order valence-electron chi connectivity index (χ0n) is 17.2. The summed E-state index contributed by atoms with van der Waals surface area (Å²) in [5.74, 6) is 0.687. The minimum absolute atomic E-state index is 0.196.